The van der Waals surface area contributed by atoms with Gasteiger partial charge in [-0.1, -0.05) is 12.1 Å². The van der Waals surface area contributed by atoms with Crippen molar-refractivity contribution in [3.05, 3.63) is 30.0 Å². The molecule has 1 saturated heterocycles. The van der Waals surface area contributed by atoms with Crippen LogP contribution in [0, 0.1) is 0 Å². The molecule has 2 heterocycles. The van der Waals surface area contributed by atoms with Crippen molar-refractivity contribution < 1.29 is 9.53 Å². The number of ether oxygens (including phenoxy) is 1. The number of methoxy groups -OCH3 is 1. The third-order valence-corrected chi connectivity index (χ3v) is 3.79. The van der Waals surface area contributed by atoms with Gasteiger partial charge >= 0.3 is 0 Å². The lowest BCUT2D eigenvalue weighted by Gasteiger charge is -2.27. The molecule has 0 spiro atoms. The molecule has 0 aliphatic carbocycles. The van der Waals surface area contributed by atoms with Gasteiger partial charge in [0, 0.05) is 37.8 Å². The first-order valence-corrected chi connectivity index (χ1v) is 6.91. The Labute approximate surface area is 117 Å². The van der Waals surface area contributed by atoms with Crippen molar-refractivity contribution in [1.29, 1.82) is 0 Å². The highest BCUT2D eigenvalue weighted by atomic mass is 16.5. The predicted octanol–water partition coefficient (Wildman–Crippen LogP) is 1.15. The Bertz CT molecular complexity index is 615. The molecule has 0 bridgehead atoms. The van der Waals surface area contributed by atoms with E-state index in [4.69, 9.17) is 4.74 Å². The Morgan fingerprint density at radius 1 is 1.35 bits per heavy atom. The minimum absolute atomic E-state index is 0.190. The standard InChI is InChI=1S/C15H19N3O2/c1-20-13-4-2-3-12-11(10-17-15(12)13)9-14(19)18-7-5-16-6-8-18/h2-4,10,16-17H,5-9H2,1H3. The van der Waals surface area contributed by atoms with Gasteiger partial charge in [0.25, 0.3) is 0 Å². The Morgan fingerprint density at radius 2 is 2.15 bits per heavy atom. The third-order valence-electron chi connectivity index (χ3n) is 3.79. The van der Waals surface area contributed by atoms with Gasteiger partial charge in [-0.2, -0.15) is 0 Å². The molecule has 0 radical (unpaired) electrons. The molecule has 2 aromatic rings. The molecule has 1 aromatic carbocycles. The fourth-order valence-corrected chi connectivity index (χ4v) is 2.69. The number of piperazine rings is 1. The van der Waals surface area contributed by atoms with Crippen molar-refractivity contribution in [3.8, 4) is 5.75 Å². The van der Waals surface area contributed by atoms with Crippen molar-refractivity contribution in [1.82, 2.24) is 15.2 Å². The number of aromatic nitrogens is 1. The van der Waals surface area contributed by atoms with Crippen molar-refractivity contribution in [3.63, 3.8) is 0 Å². The topological polar surface area (TPSA) is 57.4 Å². The molecule has 1 aliphatic heterocycles. The lowest BCUT2D eigenvalue weighted by molar-refractivity contribution is -0.131. The number of para-hydroxylation sites is 1. The molecule has 5 heteroatoms. The van der Waals surface area contributed by atoms with E-state index in [9.17, 15) is 4.79 Å². The Morgan fingerprint density at radius 3 is 2.90 bits per heavy atom. The number of amides is 1. The van der Waals surface area contributed by atoms with Gasteiger partial charge in [0.05, 0.1) is 19.0 Å². The molecule has 0 atom stereocenters. The smallest absolute Gasteiger partial charge is 0.227 e. The van der Waals surface area contributed by atoms with Crippen LogP contribution in [-0.2, 0) is 11.2 Å². The number of nitrogens with one attached hydrogen (secondary N) is 2. The molecule has 106 valence electrons. The van der Waals surface area contributed by atoms with Crippen molar-refractivity contribution in [2.45, 2.75) is 6.42 Å². The maximum Gasteiger partial charge on any atom is 0.227 e. The van der Waals surface area contributed by atoms with Crippen molar-refractivity contribution in [2.24, 2.45) is 0 Å². The van der Waals surface area contributed by atoms with Gasteiger partial charge in [-0.05, 0) is 11.6 Å². The monoisotopic (exact) mass is 273 g/mol. The summed E-state index contributed by atoms with van der Waals surface area (Å²) in [5.41, 5.74) is 1.99. The number of benzene rings is 1. The van der Waals surface area contributed by atoms with Crippen LogP contribution < -0.4 is 10.1 Å². The van der Waals surface area contributed by atoms with E-state index in [1.807, 2.05) is 29.3 Å². The fraction of sp³-hybridized carbons (Fsp3) is 0.400. The molecule has 5 nitrogen and oxygen atoms in total. The van der Waals surface area contributed by atoms with Gasteiger partial charge in [-0.25, -0.2) is 0 Å². The highest BCUT2D eigenvalue weighted by molar-refractivity contribution is 5.92. The molecule has 0 saturated carbocycles. The molecular weight excluding hydrogens is 254 g/mol. The van der Waals surface area contributed by atoms with Gasteiger partial charge in [-0.3, -0.25) is 4.79 Å². The maximum absolute atomic E-state index is 12.3. The number of hydrogen-bond acceptors (Lipinski definition) is 3. The number of nitrogens with zero attached hydrogens (tertiary/aromatic N) is 1. The Hall–Kier alpha value is -2.01. The molecule has 1 fully saturated rings. The van der Waals surface area contributed by atoms with E-state index in [-0.39, 0.29) is 5.91 Å². The van der Waals surface area contributed by atoms with E-state index in [1.54, 1.807) is 7.11 Å². The molecule has 1 aromatic heterocycles. The van der Waals surface area contributed by atoms with Crippen LogP contribution in [0.3, 0.4) is 0 Å². The van der Waals surface area contributed by atoms with E-state index >= 15 is 0 Å². The number of carbonyl (C=O) groups excluding carboxylic acids is 1. The van der Waals surface area contributed by atoms with Crippen LogP contribution in [0.15, 0.2) is 24.4 Å². The number of hydrogen-bond donors (Lipinski definition) is 2. The third kappa shape index (κ3) is 2.36. The minimum atomic E-state index is 0.190. The van der Waals surface area contributed by atoms with Crippen molar-refractivity contribution in [2.75, 3.05) is 33.3 Å². The van der Waals surface area contributed by atoms with Crippen molar-refractivity contribution >= 4 is 16.8 Å². The molecule has 20 heavy (non-hydrogen) atoms. The van der Waals surface area contributed by atoms with Crippen LogP contribution in [0.2, 0.25) is 0 Å². The van der Waals surface area contributed by atoms with Crippen LogP contribution in [0.5, 0.6) is 5.75 Å². The second kappa shape index (κ2) is 5.54. The fourth-order valence-electron chi connectivity index (χ4n) is 2.69. The lowest BCUT2D eigenvalue weighted by Crippen LogP contribution is -2.46. The highest BCUT2D eigenvalue weighted by Gasteiger charge is 2.18. The van der Waals surface area contributed by atoms with Gasteiger partial charge < -0.3 is 19.9 Å². The first-order chi connectivity index (χ1) is 9.79. The molecular formula is C15H19N3O2. The second-order valence-corrected chi connectivity index (χ2v) is 5.00. The minimum Gasteiger partial charge on any atom is -0.495 e. The zero-order valence-electron chi connectivity index (χ0n) is 11.6. The predicted molar refractivity (Wildman–Crippen MR) is 78.0 cm³/mol. The van der Waals surface area contributed by atoms with E-state index in [2.05, 4.69) is 10.3 Å². The lowest BCUT2D eigenvalue weighted by atomic mass is 10.1. The summed E-state index contributed by atoms with van der Waals surface area (Å²) >= 11 is 0. The average molecular weight is 273 g/mol. The van der Waals surface area contributed by atoms with Gasteiger partial charge in [-0.15, -0.1) is 0 Å². The SMILES string of the molecule is COc1cccc2c(CC(=O)N3CCNCC3)c[nH]c12. The van der Waals surface area contributed by atoms with E-state index in [0.29, 0.717) is 6.42 Å². The van der Waals surface area contributed by atoms with Crippen LogP contribution in [0.25, 0.3) is 10.9 Å². The Kier molecular flexibility index (Phi) is 3.60. The van der Waals surface area contributed by atoms with E-state index < -0.39 is 0 Å². The van der Waals surface area contributed by atoms with Crippen LogP contribution >= 0.6 is 0 Å². The average Bonchev–Trinajstić information content (AvgIpc) is 2.91. The number of aromatic amines is 1. The van der Waals surface area contributed by atoms with Gasteiger partial charge in [0.15, 0.2) is 0 Å². The molecule has 3 rings (SSSR count). The second-order valence-electron chi connectivity index (χ2n) is 5.00. The summed E-state index contributed by atoms with van der Waals surface area (Å²) in [4.78, 5) is 17.5. The molecule has 2 N–H and O–H groups in total. The summed E-state index contributed by atoms with van der Waals surface area (Å²) in [6.45, 7) is 3.36. The number of fused-ring (bicyclic) bond motifs is 1. The molecule has 1 aliphatic rings. The van der Waals surface area contributed by atoms with Gasteiger partial charge in [0.1, 0.15) is 5.75 Å². The van der Waals surface area contributed by atoms with Crippen LogP contribution in [-0.4, -0.2) is 49.1 Å². The maximum atomic E-state index is 12.3. The van der Waals surface area contributed by atoms with Crippen LogP contribution in [0.1, 0.15) is 5.56 Å². The number of carbonyl (C=O) groups is 1. The largest absolute Gasteiger partial charge is 0.495 e. The van der Waals surface area contributed by atoms with Gasteiger partial charge in [0.2, 0.25) is 5.91 Å². The summed E-state index contributed by atoms with van der Waals surface area (Å²) in [6, 6.07) is 5.89. The van der Waals surface area contributed by atoms with E-state index in [1.165, 1.54) is 0 Å². The summed E-state index contributed by atoms with van der Waals surface area (Å²) in [5, 5.41) is 4.32. The normalized spacial score (nSPS) is 15.6. The number of rotatable bonds is 3. The summed E-state index contributed by atoms with van der Waals surface area (Å²) in [5.74, 6) is 0.999. The quantitative estimate of drug-likeness (QED) is 0.882. The Balaban J connectivity index is 1.82. The molecule has 1 amide bonds. The zero-order valence-corrected chi connectivity index (χ0v) is 11.6. The first kappa shape index (κ1) is 13.0. The highest BCUT2D eigenvalue weighted by Crippen LogP contribution is 2.27. The number of H-pyrrole nitrogens is 1. The van der Waals surface area contributed by atoms with E-state index in [0.717, 1.165) is 48.4 Å². The van der Waals surface area contributed by atoms with Crippen LogP contribution in [0.4, 0.5) is 0 Å². The summed E-state index contributed by atoms with van der Waals surface area (Å²) in [7, 11) is 1.65. The summed E-state index contributed by atoms with van der Waals surface area (Å²) in [6.07, 6.45) is 2.35. The zero-order chi connectivity index (χ0) is 13.9. The first-order valence-electron chi connectivity index (χ1n) is 6.91. The molecule has 0 unspecified atom stereocenters. The summed E-state index contributed by atoms with van der Waals surface area (Å²) < 4.78 is 5.33.